The van der Waals surface area contributed by atoms with Crippen molar-refractivity contribution in [1.82, 2.24) is 10.6 Å². The molecule has 2 N–H and O–H groups in total. The second-order valence-corrected chi connectivity index (χ2v) is 5.36. The Morgan fingerprint density at radius 2 is 2.11 bits per heavy atom. The number of ether oxygens (including phenoxy) is 1. The van der Waals surface area contributed by atoms with Crippen LogP contribution in [-0.2, 0) is 16.1 Å². The van der Waals surface area contributed by atoms with Gasteiger partial charge in [-0.25, -0.2) is 0 Å². The number of nitrogens with one attached hydrogen (secondary N) is 2. The number of amides is 1. The molecule has 0 spiro atoms. The topological polar surface area (TPSA) is 50.4 Å². The van der Waals surface area contributed by atoms with Crippen LogP contribution in [-0.4, -0.2) is 30.7 Å². The van der Waals surface area contributed by atoms with Crippen molar-refractivity contribution in [2.45, 2.75) is 44.1 Å². The third-order valence-electron chi connectivity index (χ3n) is 3.96. The van der Waals surface area contributed by atoms with Crippen LogP contribution >= 0.6 is 0 Å². The molecule has 2 aliphatic rings. The summed E-state index contributed by atoms with van der Waals surface area (Å²) in [6.07, 6.45) is 4.12. The Labute approximate surface area is 113 Å². The molecule has 0 saturated carbocycles. The number of carbonyl (C=O) groups excluding carboxylic acids is 1. The summed E-state index contributed by atoms with van der Waals surface area (Å²) in [5, 5.41) is 6.24. The van der Waals surface area contributed by atoms with Gasteiger partial charge in [-0.3, -0.25) is 4.79 Å². The highest BCUT2D eigenvalue weighted by Gasteiger charge is 2.40. The van der Waals surface area contributed by atoms with E-state index in [4.69, 9.17) is 4.74 Å². The zero-order chi connectivity index (χ0) is 13.1. The van der Waals surface area contributed by atoms with Gasteiger partial charge >= 0.3 is 0 Å². The van der Waals surface area contributed by atoms with Crippen molar-refractivity contribution >= 4 is 5.91 Å². The molecule has 2 saturated heterocycles. The van der Waals surface area contributed by atoms with E-state index in [2.05, 4.69) is 10.6 Å². The average Bonchev–Trinajstić information content (AvgIpc) is 3.06. The number of hydrogen-bond donors (Lipinski definition) is 2. The van der Waals surface area contributed by atoms with Gasteiger partial charge in [0.05, 0.1) is 18.8 Å². The van der Waals surface area contributed by atoms with Crippen LogP contribution < -0.4 is 10.6 Å². The molecular formula is C15H20N2O2. The fourth-order valence-corrected chi connectivity index (χ4v) is 2.94. The molecule has 0 aromatic heterocycles. The molecule has 2 aliphatic heterocycles. The van der Waals surface area contributed by atoms with Crippen LogP contribution in [0.3, 0.4) is 0 Å². The van der Waals surface area contributed by atoms with Crippen LogP contribution in [0.4, 0.5) is 0 Å². The van der Waals surface area contributed by atoms with Gasteiger partial charge in [-0.15, -0.1) is 0 Å². The molecule has 1 aromatic rings. The molecule has 1 aromatic carbocycles. The zero-order valence-electron chi connectivity index (χ0n) is 11.0. The molecule has 102 valence electrons. The largest absolute Gasteiger partial charge is 0.373 e. The van der Waals surface area contributed by atoms with Crippen molar-refractivity contribution in [3.05, 3.63) is 35.9 Å². The molecule has 2 fully saturated rings. The first-order valence-corrected chi connectivity index (χ1v) is 7.01. The van der Waals surface area contributed by atoms with E-state index in [9.17, 15) is 4.79 Å². The smallest absolute Gasteiger partial charge is 0.234 e. The Kier molecular flexibility index (Phi) is 3.80. The van der Waals surface area contributed by atoms with Crippen LogP contribution in [0.5, 0.6) is 0 Å². The number of hydrogen-bond acceptors (Lipinski definition) is 3. The number of rotatable bonds is 5. The highest BCUT2D eigenvalue weighted by atomic mass is 16.5. The predicted octanol–water partition coefficient (Wildman–Crippen LogP) is 1.21. The van der Waals surface area contributed by atoms with Crippen LogP contribution in [0, 0.1) is 0 Å². The minimum Gasteiger partial charge on any atom is -0.373 e. The van der Waals surface area contributed by atoms with Gasteiger partial charge in [0.25, 0.3) is 0 Å². The molecule has 2 bridgehead atoms. The fourth-order valence-electron chi connectivity index (χ4n) is 2.94. The van der Waals surface area contributed by atoms with Crippen molar-refractivity contribution in [3.8, 4) is 0 Å². The maximum absolute atomic E-state index is 11.8. The monoisotopic (exact) mass is 260 g/mol. The van der Waals surface area contributed by atoms with E-state index in [1.165, 1.54) is 6.42 Å². The van der Waals surface area contributed by atoms with Gasteiger partial charge in [-0.1, -0.05) is 30.3 Å². The van der Waals surface area contributed by atoms with Gasteiger partial charge < -0.3 is 15.4 Å². The Bertz CT molecular complexity index is 435. The summed E-state index contributed by atoms with van der Waals surface area (Å²) in [5.41, 5.74) is 1.12. The second-order valence-electron chi connectivity index (χ2n) is 5.36. The maximum Gasteiger partial charge on any atom is 0.234 e. The number of benzene rings is 1. The molecule has 19 heavy (non-hydrogen) atoms. The maximum atomic E-state index is 11.8. The summed E-state index contributed by atoms with van der Waals surface area (Å²) >= 11 is 0. The van der Waals surface area contributed by atoms with Crippen LogP contribution in [0.2, 0.25) is 0 Å². The van der Waals surface area contributed by atoms with Crippen molar-refractivity contribution < 1.29 is 9.53 Å². The van der Waals surface area contributed by atoms with Gasteiger partial charge in [0.1, 0.15) is 0 Å². The minimum atomic E-state index is 0.0478. The number of carbonyl (C=O) groups is 1. The molecule has 3 rings (SSSR count). The molecule has 1 amide bonds. The SMILES string of the molecule is O=C(CNC1CC2CCC1O2)NCc1ccccc1. The highest BCUT2D eigenvalue weighted by Crippen LogP contribution is 2.34. The Balaban J connectivity index is 1.38. The van der Waals surface area contributed by atoms with Gasteiger partial charge in [0.15, 0.2) is 0 Å². The summed E-state index contributed by atoms with van der Waals surface area (Å²) in [4.78, 5) is 11.8. The lowest BCUT2D eigenvalue weighted by atomic mass is 9.95. The third-order valence-corrected chi connectivity index (χ3v) is 3.96. The third kappa shape index (κ3) is 3.14. The molecule has 0 radical (unpaired) electrons. The van der Waals surface area contributed by atoms with Crippen molar-refractivity contribution in [1.29, 1.82) is 0 Å². The highest BCUT2D eigenvalue weighted by molar-refractivity contribution is 5.78. The predicted molar refractivity (Wildman–Crippen MR) is 72.6 cm³/mol. The van der Waals surface area contributed by atoms with Crippen molar-refractivity contribution in [2.24, 2.45) is 0 Å². The molecule has 0 aliphatic carbocycles. The standard InChI is InChI=1S/C15H20N2O2/c18-15(17-9-11-4-2-1-3-5-11)10-16-13-8-12-6-7-14(13)19-12/h1-5,12-14,16H,6-10H2,(H,17,18). The molecule has 2 heterocycles. The lowest BCUT2D eigenvalue weighted by Crippen LogP contribution is -2.43. The fraction of sp³-hybridized carbons (Fsp3) is 0.533. The van der Waals surface area contributed by atoms with Crippen molar-refractivity contribution in [3.63, 3.8) is 0 Å². The Morgan fingerprint density at radius 1 is 1.26 bits per heavy atom. The van der Waals surface area contributed by atoms with E-state index < -0.39 is 0 Å². The second kappa shape index (κ2) is 5.72. The number of fused-ring (bicyclic) bond motifs is 2. The molecule has 3 unspecified atom stereocenters. The summed E-state index contributed by atoms with van der Waals surface area (Å²) in [6, 6.07) is 10.3. The Hall–Kier alpha value is -1.39. The van der Waals surface area contributed by atoms with E-state index >= 15 is 0 Å². The molecule has 4 heteroatoms. The normalized spacial score (nSPS) is 28.5. The Morgan fingerprint density at radius 3 is 2.79 bits per heavy atom. The van der Waals surface area contributed by atoms with Crippen LogP contribution in [0.1, 0.15) is 24.8 Å². The quantitative estimate of drug-likeness (QED) is 0.836. The molecular weight excluding hydrogens is 240 g/mol. The van der Waals surface area contributed by atoms with Gasteiger partial charge in [0.2, 0.25) is 5.91 Å². The molecule has 3 atom stereocenters. The first kappa shape index (κ1) is 12.6. The summed E-state index contributed by atoms with van der Waals surface area (Å²) in [6.45, 7) is 0.971. The summed E-state index contributed by atoms with van der Waals surface area (Å²) < 4.78 is 5.75. The van der Waals surface area contributed by atoms with E-state index in [-0.39, 0.29) is 5.91 Å². The van der Waals surface area contributed by atoms with E-state index in [0.29, 0.717) is 31.3 Å². The first-order chi connectivity index (χ1) is 9.31. The van der Waals surface area contributed by atoms with Crippen molar-refractivity contribution in [2.75, 3.05) is 6.54 Å². The van der Waals surface area contributed by atoms with Gasteiger partial charge in [0, 0.05) is 12.6 Å². The lowest BCUT2D eigenvalue weighted by molar-refractivity contribution is -0.120. The van der Waals surface area contributed by atoms with Crippen LogP contribution in [0.15, 0.2) is 30.3 Å². The zero-order valence-corrected chi connectivity index (χ0v) is 11.0. The summed E-state index contributed by atoms with van der Waals surface area (Å²) in [7, 11) is 0. The average molecular weight is 260 g/mol. The van der Waals surface area contributed by atoms with Gasteiger partial charge in [-0.05, 0) is 24.8 Å². The lowest BCUT2D eigenvalue weighted by Gasteiger charge is -2.19. The van der Waals surface area contributed by atoms with E-state index in [1.807, 2.05) is 30.3 Å². The first-order valence-electron chi connectivity index (χ1n) is 7.01. The van der Waals surface area contributed by atoms with E-state index in [1.54, 1.807) is 0 Å². The molecule has 4 nitrogen and oxygen atoms in total. The van der Waals surface area contributed by atoms with Gasteiger partial charge in [-0.2, -0.15) is 0 Å². The van der Waals surface area contributed by atoms with E-state index in [0.717, 1.165) is 18.4 Å². The van der Waals surface area contributed by atoms with Crippen LogP contribution in [0.25, 0.3) is 0 Å². The minimum absolute atomic E-state index is 0.0478. The summed E-state index contributed by atoms with van der Waals surface area (Å²) in [5.74, 6) is 0.0478.